The van der Waals surface area contributed by atoms with Gasteiger partial charge in [-0.15, -0.1) is 0 Å². The number of aromatic nitrogens is 4. The van der Waals surface area contributed by atoms with Gasteiger partial charge >= 0.3 is 0 Å². The second-order valence-corrected chi connectivity index (χ2v) is 5.78. The van der Waals surface area contributed by atoms with Crippen molar-refractivity contribution in [3.63, 3.8) is 0 Å². The summed E-state index contributed by atoms with van der Waals surface area (Å²) in [6.07, 6.45) is 5.34. The lowest BCUT2D eigenvalue weighted by Gasteiger charge is -2.10. The molecule has 0 fully saturated rings. The summed E-state index contributed by atoms with van der Waals surface area (Å²) in [5.74, 6) is 0.348. The van der Waals surface area contributed by atoms with Crippen LogP contribution in [0.1, 0.15) is 32.4 Å². The molecule has 0 unspecified atom stereocenters. The van der Waals surface area contributed by atoms with E-state index in [4.69, 9.17) is 16.6 Å². The largest absolute Gasteiger partial charge is 0.263 e. The number of hydrogen-bond acceptors (Lipinski definition) is 3. The van der Waals surface area contributed by atoms with E-state index in [1.807, 2.05) is 23.1 Å². The Morgan fingerprint density at radius 1 is 1.19 bits per heavy atom. The summed E-state index contributed by atoms with van der Waals surface area (Å²) in [4.78, 5) is 8.95. The first kappa shape index (κ1) is 14.0. The highest BCUT2D eigenvalue weighted by molar-refractivity contribution is 6.30. The zero-order valence-corrected chi connectivity index (χ0v) is 13.1. The maximum Gasteiger partial charge on any atom is 0.158 e. The van der Waals surface area contributed by atoms with Crippen LogP contribution in [-0.2, 0) is 6.54 Å². The molecule has 0 radical (unpaired) electrons. The minimum Gasteiger partial charge on any atom is -0.263 e. The molecule has 3 aromatic heterocycles. The van der Waals surface area contributed by atoms with Crippen molar-refractivity contribution in [3.05, 3.63) is 41.4 Å². The van der Waals surface area contributed by atoms with Crippen molar-refractivity contribution >= 4 is 22.6 Å². The van der Waals surface area contributed by atoms with Gasteiger partial charge in [0.25, 0.3) is 0 Å². The van der Waals surface area contributed by atoms with Gasteiger partial charge in [0, 0.05) is 35.6 Å². The Kier molecular flexibility index (Phi) is 3.64. The number of fused-ring (bicyclic) bond motifs is 1. The number of nitrogens with zero attached hydrogens (tertiary/aromatic N) is 4. The summed E-state index contributed by atoms with van der Waals surface area (Å²) in [5.41, 5.74) is 4.04. The first-order valence-electron chi connectivity index (χ1n) is 7.07. The van der Waals surface area contributed by atoms with E-state index >= 15 is 0 Å². The molecular weight excluding hydrogens is 284 g/mol. The Morgan fingerprint density at radius 3 is 2.67 bits per heavy atom. The van der Waals surface area contributed by atoms with Crippen LogP contribution in [-0.4, -0.2) is 19.7 Å². The van der Waals surface area contributed by atoms with Gasteiger partial charge in [0.05, 0.1) is 11.2 Å². The molecule has 0 saturated heterocycles. The van der Waals surface area contributed by atoms with Gasteiger partial charge in [-0.25, -0.2) is 9.67 Å². The van der Waals surface area contributed by atoms with E-state index in [2.05, 4.69) is 36.9 Å². The zero-order chi connectivity index (χ0) is 15.0. The molecule has 0 aliphatic carbocycles. The summed E-state index contributed by atoms with van der Waals surface area (Å²) < 4.78 is 1.92. The summed E-state index contributed by atoms with van der Waals surface area (Å²) in [5, 5.41) is 6.09. The van der Waals surface area contributed by atoms with Crippen LogP contribution in [0.4, 0.5) is 0 Å². The molecule has 0 aliphatic rings. The van der Waals surface area contributed by atoms with Crippen molar-refractivity contribution in [1.82, 2.24) is 19.7 Å². The minimum atomic E-state index is 0.348. The summed E-state index contributed by atoms with van der Waals surface area (Å²) >= 11 is 6.08. The molecule has 0 saturated carbocycles. The van der Waals surface area contributed by atoms with Crippen LogP contribution in [0.3, 0.4) is 0 Å². The van der Waals surface area contributed by atoms with Crippen molar-refractivity contribution in [3.8, 4) is 11.1 Å². The average Bonchev–Trinajstić information content (AvgIpc) is 2.89. The van der Waals surface area contributed by atoms with Crippen LogP contribution in [0.2, 0.25) is 5.02 Å². The van der Waals surface area contributed by atoms with Crippen molar-refractivity contribution in [2.75, 3.05) is 0 Å². The third kappa shape index (κ3) is 2.51. The molecule has 3 aromatic rings. The quantitative estimate of drug-likeness (QED) is 0.724. The maximum atomic E-state index is 6.08. The van der Waals surface area contributed by atoms with Crippen LogP contribution in [0, 0.1) is 0 Å². The Bertz CT molecular complexity index is 792. The van der Waals surface area contributed by atoms with Crippen molar-refractivity contribution in [2.45, 2.75) is 33.2 Å². The van der Waals surface area contributed by atoms with Crippen LogP contribution < -0.4 is 0 Å². The fourth-order valence-electron chi connectivity index (χ4n) is 2.39. The molecule has 3 rings (SSSR count). The van der Waals surface area contributed by atoms with Crippen molar-refractivity contribution < 1.29 is 0 Å². The van der Waals surface area contributed by atoms with Crippen LogP contribution in [0.25, 0.3) is 22.2 Å². The van der Waals surface area contributed by atoms with Crippen LogP contribution >= 0.6 is 11.6 Å². The van der Waals surface area contributed by atoms with E-state index in [0.717, 1.165) is 34.4 Å². The Hall–Kier alpha value is -1.94. The molecule has 0 amide bonds. The molecule has 4 nitrogen and oxygen atoms in total. The Morgan fingerprint density at radius 2 is 2.00 bits per heavy atom. The third-order valence-corrected chi connectivity index (χ3v) is 3.74. The summed E-state index contributed by atoms with van der Waals surface area (Å²) in [7, 11) is 0. The molecule has 0 N–H and O–H groups in total. The topological polar surface area (TPSA) is 43.6 Å². The third-order valence-electron chi connectivity index (χ3n) is 3.54. The molecule has 3 heterocycles. The van der Waals surface area contributed by atoms with Crippen LogP contribution in [0.5, 0.6) is 0 Å². The predicted molar refractivity (Wildman–Crippen MR) is 85.5 cm³/mol. The zero-order valence-electron chi connectivity index (χ0n) is 12.3. The number of hydrogen-bond donors (Lipinski definition) is 0. The molecule has 0 bridgehead atoms. The number of halogens is 1. The lowest BCUT2D eigenvalue weighted by Crippen LogP contribution is -2.01. The highest BCUT2D eigenvalue weighted by Gasteiger charge is 2.14. The fourth-order valence-corrected chi connectivity index (χ4v) is 2.57. The second-order valence-electron chi connectivity index (χ2n) is 5.34. The highest BCUT2D eigenvalue weighted by Crippen LogP contribution is 2.31. The van der Waals surface area contributed by atoms with Crippen molar-refractivity contribution in [2.24, 2.45) is 0 Å². The monoisotopic (exact) mass is 300 g/mol. The first-order valence-corrected chi connectivity index (χ1v) is 7.45. The van der Waals surface area contributed by atoms with Gasteiger partial charge in [-0.1, -0.05) is 25.4 Å². The van der Waals surface area contributed by atoms with E-state index < -0.39 is 0 Å². The summed E-state index contributed by atoms with van der Waals surface area (Å²) in [6.45, 7) is 7.14. The number of pyridine rings is 2. The normalized spacial score (nSPS) is 11.5. The van der Waals surface area contributed by atoms with E-state index in [9.17, 15) is 0 Å². The molecular formula is C16H17ClN4. The maximum absolute atomic E-state index is 6.08. The number of rotatable bonds is 3. The summed E-state index contributed by atoms with van der Waals surface area (Å²) in [6, 6.07) is 4.04. The lowest BCUT2D eigenvalue weighted by atomic mass is 10.0. The van der Waals surface area contributed by atoms with Gasteiger partial charge in [0.1, 0.15) is 0 Å². The number of aryl methyl sites for hydroxylation is 1. The smallest absolute Gasteiger partial charge is 0.158 e. The lowest BCUT2D eigenvalue weighted by molar-refractivity contribution is 0.673. The van der Waals surface area contributed by atoms with Gasteiger partial charge in [-0.3, -0.25) is 4.98 Å². The van der Waals surface area contributed by atoms with Gasteiger partial charge in [0.15, 0.2) is 5.65 Å². The molecule has 21 heavy (non-hydrogen) atoms. The minimum absolute atomic E-state index is 0.348. The van der Waals surface area contributed by atoms with Crippen molar-refractivity contribution in [1.29, 1.82) is 0 Å². The van der Waals surface area contributed by atoms with E-state index in [0.29, 0.717) is 10.9 Å². The van der Waals surface area contributed by atoms with E-state index in [1.54, 1.807) is 6.20 Å². The molecule has 108 valence electrons. The Labute approximate surface area is 128 Å². The standard InChI is InChI=1S/C16H17ClN4/c1-4-21-16-14(9-19-21)13(6-15(20-16)10(2)3)11-5-12(17)8-18-7-11/h5-10H,4H2,1-3H3. The molecule has 0 aromatic carbocycles. The molecule has 0 aliphatic heterocycles. The average molecular weight is 301 g/mol. The molecule has 0 spiro atoms. The SMILES string of the molecule is CCn1ncc2c(-c3cncc(Cl)c3)cc(C(C)C)nc21. The van der Waals surface area contributed by atoms with Gasteiger partial charge < -0.3 is 0 Å². The molecule has 0 atom stereocenters. The first-order chi connectivity index (χ1) is 10.1. The fraction of sp³-hybridized carbons (Fsp3) is 0.312. The second kappa shape index (κ2) is 5.45. The molecule has 5 heteroatoms. The van der Waals surface area contributed by atoms with Gasteiger partial charge in [-0.2, -0.15) is 5.10 Å². The highest BCUT2D eigenvalue weighted by atomic mass is 35.5. The van der Waals surface area contributed by atoms with E-state index in [-0.39, 0.29) is 0 Å². The Balaban J connectivity index is 2.32. The van der Waals surface area contributed by atoms with Crippen LogP contribution in [0.15, 0.2) is 30.7 Å². The van der Waals surface area contributed by atoms with Gasteiger partial charge in [0.2, 0.25) is 0 Å². The predicted octanol–water partition coefficient (Wildman–Crippen LogP) is 4.29. The van der Waals surface area contributed by atoms with Gasteiger partial charge in [-0.05, 0) is 30.5 Å². The van der Waals surface area contributed by atoms with E-state index in [1.165, 1.54) is 0 Å².